The third-order valence-corrected chi connectivity index (χ3v) is 10.0. The molecule has 10 aromatic rings. The molecular weight excluding hydrogens is 649 g/mol. The van der Waals surface area contributed by atoms with Gasteiger partial charge in [-0.25, -0.2) is 15.0 Å². The molecule has 2 aromatic heterocycles. The fraction of sp³-hybridized carbons (Fsp3) is 0. The van der Waals surface area contributed by atoms with Gasteiger partial charge in [-0.05, 0) is 45.5 Å². The Morgan fingerprint density at radius 1 is 0.340 bits per heavy atom. The van der Waals surface area contributed by atoms with Crippen molar-refractivity contribution in [1.82, 2.24) is 19.5 Å². The summed E-state index contributed by atoms with van der Waals surface area (Å²) < 4.78 is 1.92. The zero-order chi connectivity index (χ0) is 35.3. The van der Waals surface area contributed by atoms with Crippen molar-refractivity contribution in [3.8, 4) is 51.0 Å². The van der Waals surface area contributed by atoms with Gasteiger partial charge in [0.25, 0.3) is 5.56 Å². The second kappa shape index (κ2) is 12.5. The molecule has 0 aliphatic carbocycles. The smallest absolute Gasteiger partial charge is 0.263 e. The number of hydrogen-bond acceptors (Lipinski definition) is 4. The molecule has 0 bridgehead atoms. The molecule has 0 radical (unpaired) electrons. The summed E-state index contributed by atoms with van der Waals surface area (Å²) >= 11 is 0. The molecule has 10 rings (SSSR count). The lowest BCUT2D eigenvalue weighted by molar-refractivity contribution is 1.07. The Balaban J connectivity index is 1.24. The lowest BCUT2D eigenvalue weighted by Gasteiger charge is -2.21. The number of rotatable bonds is 5. The second-order valence-corrected chi connectivity index (χ2v) is 13.1. The van der Waals surface area contributed by atoms with Gasteiger partial charge in [0.15, 0.2) is 17.5 Å². The van der Waals surface area contributed by atoms with Gasteiger partial charge in [-0.2, -0.15) is 0 Å². The third-order valence-electron chi connectivity index (χ3n) is 10.0. The molecule has 0 amide bonds. The summed E-state index contributed by atoms with van der Waals surface area (Å²) in [6.07, 6.45) is 0. The molecule has 8 aromatic carbocycles. The Kier molecular flexibility index (Phi) is 7.22. The maximum absolute atomic E-state index is 14.6. The van der Waals surface area contributed by atoms with Crippen molar-refractivity contribution in [2.45, 2.75) is 0 Å². The van der Waals surface area contributed by atoms with E-state index < -0.39 is 0 Å². The molecule has 0 spiro atoms. The van der Waals surface area contributed by atoms with Crippen molar-refractivity contribution >= 4 is 43.2 Å². The van der Waals surface area contributed by atoms with E-state index in [1.165, 1.54) is 0 Å². The predicted octanol–water partition coefficient (Wildman–Crippen LogP) is 11.3. The van der Waals surface area contributed by atoms with Gasteiger partial charge in [-0.15, -0.1) is 0 Å². The van der Waals surface area contributed by atoms with Crippen molar-refractivity contribution in [3.63, 3.8) is 0 Å². The molecule has 0 atom stereocenters. The van der Waals surface area contributed by atoms with Crippen LogP contribution in [-0.4, -0.2) is 19.5 Å². The van der Waals surface area contributed by atoms with Crippen LogP contribution in [0.2, 0.25) is 0 Å². The molecule has 2 heterocycles. The highest BCUT2D eigenvalue weighted by atomic mass is 16.1. The van der Waals surface area contributed by atoms with Gasteiger partial charge in [0.1, 0.15) is 0 Å². The van der Waals surface area contributed by atoms with Crippen molar-refractivity contribution in [3.05, 3.63) is 192 Å². The molecule has 0 fully saturated rings. The Labute approximate surface area is 305 Å². The average molecular weight is 679 g/mol. The van der Waals surface area contributed by atoms with E-state index in [9.17, 15) is 4.79 Å². The molecule has 5 heteroatoms. The van der Waals surface area contributed by atoms with Gasteiger partial charge in [0.05, 0.1) is 11.2 Å². The van der Waals surface area contributed by atoms with E-state index in [1.54, 1.807) is 0 Å². The highest BCUT2D eigenvalue weighted by Gasteiger charge is 2.21. The number of benzene rings is 8. The molecule has 0 N–H and O–H groups in total. The van der Waals surface area contributed by atoms with Crippen LogP contribution in [0.25, 0.3) is 94.2 Å². The largest absolute Gasteiger partial charge is 0.275 e. The molecule has 5 nitrogen and oxygen atoms in total. The summed E-state index contributed by atoms with van der Waals surface area (Å²) in [6.45, 7) is 0. The van der Waals surface area contributed by atoms with Crippen molar-refractivity contribution in [2.24, 2.45) is 0 Å². The normalized spacial score (nSPS) is 11.5. The van der Waals surface area contributed by atoms with Crippen LogP contribution in [0.5, 0.6) is 0 Å². The molecular formula is C48H30N4O. The number of nitrogens with zero attached hydrogens (tertiary/aromatic N) is 4. The fourth-order valence-electron chi connectivity index (χ4n) is 7.66. The highest BCUT2D eigenvalue weighted by Crippen LogP contribution is 2.42. The van der Waals surface area contributed by atoms with Crippen LogP contribution < -0.4 is 5.56 Å². The SMILES string of the molecule is O=c1c2ccccc2c2ccccc2n1-c1c2ccccc2c(-c2cccc(-c3nc(-c4ccccc4)nc(-c4ccccc4)n3)c2)c2ccccc12. The first-order valence-electron chi connectivity index (χ1n) is 17.7. The monoisotopic (exact) mass is 678 g/mol. The predicted molar refractivity (Wildman–Crippen MR) is 217 cm³/mol. The maximum Gasteiger partial charge on any atom is 0.263 e. The quantitative estimate of drug-likeness (QED) is 0.134. The third kappa shape index (κ3) is 5.09. The lowest BCUT2D eigenvalue weighted by Crippen LogP contribution is -2.20. The van der Waals surface area contributed by atoms with Crippen molar-refractivity contribution in [2.75, 3.05) is 0 Å². The average Bonchev–Trinajstić information content (AvgIpc) is 3.24. The van der Waals surface area contributed by atoms with Crippen LogP contribution >= 0.6 is 0 Å². The molecule has 0 unspecified atom stereocenters. The first-order valence-corrected chi connectivity index (χ1v) is 17.7. The fourth-order valence-corrected chi connectivity index (χ4v) is 7.66. The van der Waals surface area contributed by atoms with Crippen LogP contribution in [0, 0.1) is 0 Å². The first-order chi connectivity index (χ1) is 26.2. The molecule has 0 saturated carbocycles. The number of pyridine rings is 1. The van der Waals surface area contributed by atoms with Gasteiger partial charge < -0.3 is 0 Å². The van der Waals surface area contributed by atoms with E-state index in [1.807, 2.05) is 108 Å². The summed E-state index contributed by atoms with van der Waals surface area (Å²) in [5.41, 5.74) is 6.55. The lowest BCUT2D eigenvalue weighted by atomic mass is 9.89. The zero-order valence-corrected chi connectivity index (χ0v) is 28.5. The van der Waals surface area contributed by atoms with Gasteiger partial charge in [0, 0.05) is 38.2 Å². The van der Waals surface area contributed by atoms with Crippen molar-refractivity contribution in [1.29, 1.82) is 0 Å². The van der Waals surface area contributed by atoms with Crippen molar-refractivity contribution < 1.29 is 0 Å². The maximum atomic E-state index is 14.6. The van der Waals surface area contributed by atoms with Crippen LogP contribution in [0.15, 0.2) is 187 Å². The van der Waals surface area contributed by atoms with Crippen LogP contribution in [0.3, 0.4) is 0 Å². The Hall–Kier alpha value is -7.24. The Bertz CT molecular complexity index is 2970. The minimum atomic E-state index is -0.0392. The zero-order valence-electron chi connectivity index (χ0n) is 28.5. The summed E-state index contributed by atoms with van der Waals surface area (Å²) in [7, 11) is 0. The van der Waals surface area contributed by atoms with Gasteiger partial charge in [-0.1, -0.05) is 164 Å². The molecule has 0 saturated heterocycles. The van der Waals surface area contributed by atoms with Crippen LogP contribution in [-0.2, 0) is 0 Å². The van der Waals surface area contributed by atoms with E-state index in [2.05, 4.69) is 78.9 Å². The standard InChI is InChI=1S/C48H30N4O/c53-48-41-28-12-7-22-35(41)36-23-13-14-29-42(36)52(48)44-39-26-10-8-24-37(39)43(38-25-9-11-27-40(38)44)33-20-15-21-34(30-33)47-50-45(31-16-3-1-4-17-31)49-46(51-47)32-18-5-2-6-19-32/h1-30H. The summed E-state index contributed by atoms with van der Waals surface area (Å²) in [6, 6.07) is 61.4. The minimum absolute atomic E-state index is 0.0392. The summed E-state index contributed by atoms with van der Waals surface area (Å²) in [5.74, 6) is 1.83. The topological polar surface area (TPSA) is 60.7 Å². The minimum Gasteiger partial charge on any atom is -0.275 e. The van der Waals surface area contributed by atoms with E-state index in [0.29, 0.717) is 22.9 Å². The van der Waals surface area contributed by atoms with Crippen LogP contribution in [0.1, 0.15) is 0 Å². The van der Waals surface area contributed by atoms with Gasteiger partial charge in [-0.3, -0.25) is 9.36 Å². The number of para-hydroxylation sites is 1. The molecule has 53 heavy (non-hydrogen) atoms. The van der Waals surface area contributed by atoms with E-state index in [0.717, 1.165) is 71.3 Å². The second-order valence-electron chi connectivity index (χ2n) is 13.1. The number of hydrogen-bond donors (Lipinski definition) is 0. The molecule has 0 aliphatic heterocycles. The van der Waals surface area contributed by atoms with Gasteiger partial charge >= 0.3 is 0 Å². The van der Waals surface area contributed by atoms with E-state index in [-0.39, 0.29) is 5.56 Å². The van der Waals surface area contributed by atoms with E-state index in [4.69, 9.17) is 15.0 Å². The summed E-state index contributed by atoms with van der Waals surface area (Å²) in [5, 5.41) is 6.77. The highest BCUT2D eigenvalue weighted by molar-refractivity contribution is 6.19. The first kappa shape index (κ1) is 30.6. The molecule has 0 aliphatic rings. The summed E-state index contributed by atoms with van der Waals surface area (Å²) in [4.78, 5) is 29.5. The van der Waals surface area contributed by atoms with E-state index >= 15 is 0 Å². The Morgan fingerprint density at radius 3 is 1.34 bits per heavy atom. The Morgan fingerprint density at radius 2 is 0.755 bits per heavy atom. The van der Waals surface area contributed by atoms with Crippen LogP contribution in [0.4, 0.5) is 0 Å². The molecule has 248 valence electrons. The number of aromatic nitrogens is 4. The number of fused-ring (bicyclic) bond motifs is 5. The van der Waals surface area contributed by atoms with Gasteiger partial charge in [0.2, 0.25) is 0 Å².